The maximum Gasteiger partial charge on any atom is 0.325 e. The molecule has 28 heavy (non-hydrogen) atoms. The van der Waals surface area contributed by atoms with Crippen LogP contribution < -0.4 is 10.1 Å². The highest BCUT2D eigenvalue weighted by Gasteiger charge is 2.49. The maximum atomic E-state index is 13.2. The Kier molecular flexibility index (Phi) is 4.51. The first-order valence-electron chi connectivity index (χ1n) is 9.31. The van der Waals surface area contributed by atoms with E-state index < -0.39 is 11.6 Å². The molecule has 3 aromatic carbocycles. The molecule has 0 aromatic heterocycles. The Morgan fingerprint density at radius 3 is 2.50 bits per heavy atom. The third kappa shape index (κ3) is 2.99. The fourth-order valence-corrected chi connectivity index (χ4v) is 3.71. The van der Waals surface area contributed by atoms with E-state index in [1.54, 1.807) is 6.92 Å². The number of aryl methyl sites for hydroxylation is 1. The maximum absolute atomic E-state index is 13.2. The van der Waals surface area contributed by atoms with Gasteiger partial charge < -0.3 is 10.1 Å². The number of carbonyl (C=O) groups is 2. The van der Waals surface area contributed by atoms with Gasteiger partial charge in [0.15, 0.2) is 0 Å². The van der Waals surface area contributed by atoms with Crippen molar-refractivity contribution in [2.75, 3.05) is 13.2 Å². The van der Waals surface area contributed by atoms with Crippen molar-refractivity contribution >= 4 is 22.7 Å². The third-order valence-corrected chi connectivity index (χ3v) is 5.27. The van der Waals surface area contributed by atoms with Gasteiger partial charge in [-0.15, -0.1) is 0 Å². The van der Waals surface area contributed by atoms with Crippen LogP contribution in [0.5, 0.6) is 5.75 Å². The monoisotopic (exact) mass is 374 g/mol. The van der Waals surface area contributed by atoms with Crippen molar-refractivity contribution < 1.29 is 14.3 Å². The van der Waals surface area contributed by atoms with Crippen molar-refractivity contribution in [3.8, 4) is 5.75 Å². The molecule has 1 aliphatic rings. The van der Waals surface area contributed by atoms with E-state index in [-0.39, 0.29) is 19.1 Å². The second-order valence-corrected chi connectivity index (χ2v) is 7.15. The molecular formula is C23H22N2O3. The van der Waals surface area contributed by atoms with Gasteiger partial charge in [0.05, 0.1) is 6.54 Å². The van der Waals surface area contributed by atoms with E-state index >= 15 is 0 Å². The molecule has 1 fully saturated rings. The van der Waals surface area contributed by atoms with Gasteiger partial charge in [-0.3, -0.25) is 9.69 Å². The van der Waals surface area contributed by atoms with Gasteiger partial charge in [0, 0.05) is 0 Å². The summed E-state index contributed by atoms with van der Waals surface area (Å²) in [5.41, 5.74) is 0.715. The average molecular weight is 374 g/mol. The van der Waals surface area contributed by atoms with Crippen molar-refractivity contribution in [3.05, 3.63) is 77.9 Å². The van der Waals surface area contributed by atoms with Crippen molar-refractivity contribution in [2.24, 2.45) is 0 Å². The first-order chi connectivity index (χ1) is 13.5. The molecule has 1 unspecified atom stereocenters. The van der Waals surface area contributed by atoms with Gasteiger partial charge in [-0.05, 0) is 41.8 Å². The normalized spacial score (nSPS) is 19.1. The summed E-state index contributed by atoms with van der Waals surface area (Å²) in [7, 11) is 0. The summed E-state index contributed by atoms with van der Waals surface area (Å²) in [5.74, 6) is 0.494. The molecule has 1 N–H and O–H groups in total. The van der Waals surface area contributed by atoms with Crippen LogP contribution in [0.15, 0.2) is 66.7 Å². The number of fused-ring (bicyclic) bond motifs is 1. The minimum atomic E-state index is -1.10. The summed E-state index contributed by atoms with van der Waals surface area (Å²) in [4.78, 5) is 27.0. The first-order valence-corrected chi connectivity index (χ1v) is 9.31. The van der Waals surface area contributed by atoms with Crippen molar-refractivity contribution in [2.45, 2.75) is 19.4 Å². The first kappa shape index (κ1) is 18.0. The topological polar surface area (TPSA) is 58.6 Å². The highest BCUT2D eigenvalue weighted by molar-refractivity contribution is 6.09. The number of hydrogen-bond donors (Lipinski definition) is 1. The molecule has 0 spiro atoms. The van der Waals surface area contributed by atoms with Crippen LogP contribution in [0.3, 0.4) is 0 Å². The summed E-state index contributed by atoms with van der Waals surface area (Å²) in [6, 6.07) is 20.9. The van der Waals surface area contributed by atoms with Crippen LogP contribution in [0.2, 0.25) is 0 Å². The van der Waals surface area contributed by atoms with E-state index in [1.165, 1.54) is 4.90 Å². The molecule has 5 nitrogen and oxygen atoms in total. The van der Waals surface area contributed by atoms with Gasteiger partial charge in [0.25, 0.3) is 5.91 Å². The third-order valence-electron chi connectivity index (χ3n) is 5.27. The molecule has 1 aliphatic heterocycles. The highest BCUT2D eigenvalue weighted by Crippen LogP contribution is 2.33. The van der Waals surface area contributed by atoms with E-state index in [0.717, 1.165) is 27.6 Å². The number of carbonyl (C=O) groups excluding carboxylic acids is 2. The molecule has 1 heterocycles. The van der Waals surface area contributed by atoms with Crippen molar-refractivity contribution in [3.63, 3.8) is 0 Å². The minimum absolute atomic E-state index is 0.194. The second kappa shape index (κ2) is 7.00. The van der Waals surface area contributed by atoms with E-state index in [9.17, 15) is 9.59 Å². The van der Waals surface area contributed by atoms with Crippen molar-refractivity contribution in [1.29, 1.82) is 0 Å². The van der Waals surface area contributed by atoms with Crippen LogP contribution in [-0.2, 0) is 10.3 Å². The predicted octanol–water partition coefficient (Wildman–Crippen LogP) is 3.99. The Hall–Kier alpha value is -3.34. The Morgan fingerprint density at radius 1 is 0.964 bits per heavy atom. The fourth-order valence-electron chi connectivity index (χ4n) is 3.71. The molecule has 3 aromatic rings. The van der Waals surface area contributed by atoms with Gasteiger partial charge in [-0.2, -0.15) is 0 Å². The van der Waals surface area contributed by atoms with Crippen LogP contribution in [0.1, 0.15) is 18.1 Å². The predicted molar refractivity (Wildman–Crippen MR) is 108 cm³/mol. The average Bonchev–Trinajstić information content (AvgIpc) is 2.92. The molecule has 5 heteroatoms. The summed E-state index contributed by atoms with van der Waals surface area (Å²) in [6.07, 6.45) is 0. The van der Waals surface area contributed by atoms with Crippen LogP contribution >= 0.6 is 0 Å². The molecule has 0 radical (unpaired) electrons. The number of imide groups is 1. The zero-order chi connectivity index (χ0) is 19.7. The van der Waals surface area contributed by atoms with Crippen LogP contribution in [0.4, 0.5) is 4.79 Å². The molecule has 0 aliphatic carbocycles. The van der Waals surface area contributed by atoms with Crippen LogP contribution in [0.25, 0.3) is 10.8 Å². The van der Waals surface area contributed by atoms with Gasteiger partial charge in [-0.25, -0.2) is 4.79 Å². The lowest BCUT2D eigenvalue weighted by Crippen LogP contribution is -2.41. The number of urea groups is 1. The summed E-state index contributed by atoms with van der Waals surface area (Å²) in [5, 5.41) is 4.87. The zero-order valence-electron chi connectivity index (χ0n) is 15.9. The summed E-state index contributed by atoms with van der Waals surface area (Å²) < 4.78 is 5.77. The van der Waals surface area contributed by atoms with E-state index in [1.807, 2.05) is 73.7 Å². The van der Waals surface area contributed by atoms with E-state index in [4.69, 9.17) is 4.74 Å². The number of rotatable bonds is 5. The molecule has 142 valence electrons. The van der Waals surface area contributed by atoms with Gasteiger partial charge in [0.2, 0.25) is 0 Å². The number of amides is 3. The highest BCUT2D eigenvalue weighted by atomic mass is 16.5. The number of ether oxygens (including phenoxy) is 1. The summed E-state index contributed by atoms with van der Waals surface area (Å²) >= 11 is 0. The molecular weight excluding hydrogens is 352 g/mol. The lowest BCUT2D eigenvalue weighted by Gasteiger charge is -2.24. The van der Waals surface area contributed by atoms with Crippen LogP contribution in [0, 0.1) is 6.92 Å². The van der Waals surface area contributed by atoms with Crippen molar-refractivity contribution in [1.82, 2.24) is 10.2 Å². The van der Waals surface area contributed by atoms with Gasteiger partial charge in [-0.1, -0.05) is 60.7 Å². The zero-order valence-corrected chi connectivity index (χ0v) is 15.9. The quantitative estimate of drug-likeness (QED) is 0.687. The lowest BCUT2D eigenvalue weighted by atomic mass is 9.88. The second-order valence-electron chi connectivity index (χ2n) is 7.15. The SMILES string of the molecule is Cc1ccccc1OCCN1C(=O)NC(C)(c2cccc3ccccc23)C1=O. The smallest absolute Gasteiger partial charge is 0.325 e. The number of hydrogen-bond acceptors (Lipinski definition) is 3. The van der Waals surface area contributed by atoms with E-state index in [0.29, 0.717) is 0 Å². The fraction of sp³-hybridized carbons (Fsp3) is 0.217. The number of nitrogens with zero attached hydrogens (tertiary/aromatic N) is 1. The Balaban J connectivity index is 1.55. The minimum Gasteiger partial charge on any atom is -0.491 e. The molecule has 3 amide bonds. The lowest BCUT2D eigenvalue weighted by molar-refractivity contribution is -0.131. The summed E-state index contributed by atoms with van der Waals surface area (Å²) in [6.45, 7) is 4.16. The Morgan fingerprint density at radius 2 is 1.68 bits per heavy atom. The largest absolute Gasteiger partial charge is 0.491 e. The molecule has 1 saturated heterocycles. The molecule has 0 bridgehead atoms. The number of nitrogens with one attached hydrogen (secondary N) is 1. The molecule has 0 saturated carbocycles. The molecule has 4 rings (SSSR count). The Bertz CT molecular complexity index is 1060. The number of benzene rings is 3. The number of para-hydroxylation sites is 1. The van der Waals surface area contributed by atoms with E-state index in [2.05, 4.69) is 5.32 Å². The Labute approximate surface area is 163 Å². The molecule has 1 atom stereocenters. The van der Waals surface area contributed by atoms with Gasteiger partial charge >= 0.3 is 6.03 Å². The van der Waals surface area contributed by atoms with Gasteiger partial charge in [0.1, 0.15) is 17.9 Å². The standard InChI is InChI=1S/C23H22N2O3/c1-16-8-3-6-13-20(16)28-15-14-25-21(26)23(2,24-22(25)27)19-12-7-10-17-9-4-5-11-18(17)19/h3-13H,14-15H2,1-2H3,(H,24,27). The van der Waals surface area contributed by atoms with Crippen LogP contribution in [-0.4, -0.2) is 30.0 Å².